The number of nitrogens with zero attached hydrogens (tertiary/aromatic N) is 4. The Morgan fingerprint density at radius 2 is 1.65 bits per heavy atom. The van der Waals surface area contributed by atoms with Crippen LogP contribution in [0.2, 0.25) is 0 Å². The Kier molecular flexibility index (Phi) is 8.06. The van der Waals surface area contributed by atoms with Crippen LogP contribution in [0.5, 0.6) is 0 Å². The van der Waals surface area contributed by atoms with E-state index in [2.05, 4.69) is 28.8 Å². The summed E-state index contributed by atoms with van der Waals surface area (Å²) in [6, 6.07) is 0. The average Bonchev–Trinajstić information content (AvgIpc) is 2.43. The van der Waals surface area contributed by atoms with Gasteiger partial charge in [0.25, 0.3) is 0 Å². The van der Waals surface area contributed by atoms with Gasteiger partial charge in [-0.1, -0.05) is 0 Å². The van der Waals surface area contributed by atoms with Crippen molar-refractivity contribution in [3.63, 3.8) is 0 Å². The van der Waals surface area contributed by atoms with E-state index in [1.807, 2.05) is 7.05 Å². The van der Waals surface area contributed by atoms with Crippen LogP contribution in [-0.2, 0) is 4.79 Å². The van der Waals surface area contributed by atoms with E-state index < -0.39 is 0 Å². The first kappa shape index (κ1) is 17.4. The Labute approximate surface area is 123 Å². The number of carbonyl (C=O) groups excluding carboxylic acids is 1. The molecule has 0 aromatic heterocycles. The summed E-state index contributed by atoms with van der Waals surface area (Å²) in [7, 11) is 6.07. The van der Waals surface area contributed by atoms with Crippen LogP contribution in [0.1, 0.15) is 6.42 Å². The summed E-state index contributed by atoms with van der Waals surface area (Å²) in [5, 5.41) is 0. The number of amides is 1. The van der Waals surface area contributed by atoms with Gasteiger partial charge < -0.3 is 15.5 Å². The molecule has 1 heterocycles. The van der Waals surface area contributed by atoms with Crippen LogP contribution in [0, 0.1) is 0 Å². The first-order valence-electron chi connectivity index (χ1n) is 7.56. The van der Waals surface area contributed by atoms with Crippen molar-refractivity contribution in [2.45, 2.75) is 6.42 Å². The van der Waals surface area contributed by atoms with E-state index in [-0.39, 0.29) is 5.91 Å². The summed E-state index contributed by atoms with van der Waals surface area (Å²) in [5.74, 6) is 0.209. The van der Waals surface area contributed by atoms with Gasteiger partial charge in [-0.15, -0.1) is 0 Å². The quantitative estimate of drug-likeness (QED) is 0.618. The van der Waals surface area contributed by atoms with Gasteiger partial charge in [-0.2, -0.15) is 0 Å². The zero-order chi connectivity index (χ0) is 15.0. The van der Waals surface area contributed by atoms with Crippen LogP contribution in [0.3, 0.4) is 0 Å². The van der Waals surface area contributed by atoms with Crippen molar-refractivity contribution in [3.05, 3.63) is 0 Å². The second-order valence-electron chi connectivity index (χ2n) is 5.88. The minimum atomic E-state index is 0.209. The van der Waals surface area contributed by atoms with Gasteiger partial charge in [-0.25, -0.2) is 0 Å². The molecule has 0 atom stereocenters. The van der Waals surface area contributed by atoms with Crippen molar-refractivity contribution in [1.82, 2.24) is 19.6 Å². The van der Waals surface area contributed by atoms with Crippen LogP contribution >= 0.6 is 0 Å². The predicted octanol–water partition coefficient (Wildman–Crippen LogP) is -1.03. The highest BCUT2D eigenvalue weighted by molar-refractivity contribution is 5.77. The molecule has 1 aliphatic heterocycles. The molecule has 20 heavy (non-hydrogen) atoms. The van der Waals surface area contributed by atoms with E-state index in [0.717, 1.165) is 52.2 Å². The maximum atomic E-state index is 12.0. The molecule has 1 fully saturated rings. The molecule has 6 heteroatoms. The van der Waals surface area contributed by atoms with E-state index in [0.29, 0.717) is 13.1 Å². The van der Waals surface area contributed by atoms with Gasteiger partial charge in [0.1, 0.15) is 0 Å². The normalized spacial score (nSPS) is 17.6. The molecular formula is C14H31N5O. The summed E-state index contributed by atoms with van der Waals surface area (Å²) in [6.07, 6.45) is 0.876. The highest BCUT2D eigenvalue weighted by atomic mass is 16.2. The highest BCUT2D eigenvalue weighted by Gasteiger charge is 2.20. The molecule has 0 spiro atoms. The Morgan fingerprint density at radius 1 is 1.05 bits per heavy atom. The number of nitrogens with two attached hydrogens (primary N) is 1. The van der Waals surface area contributed by atoms with Crippen LogP contribution < -0.4 is 5.73 Å². The summed E-state index contributed by atoms with van der Waals surface area (Å²) in [4.78, 5) is 20.8. The van der Waals surface area contributed by atoms with Crippen LogP contribution in [-0.4, -0.2) is 106 Å². The predicted molar refractivity (Wildman–Crippen MR) is 82.7 cm³/mol. The molecule has 1 rings (SSSR count). The number of hydrogen-bond acceptors (Lipinski definition) is 5. The van der Waals surface area contributed by atoms with E-state index in [1.165, 1.54) is 0 Å². The molecule has 1 saturated heterocycles. The summed E-state index contributed by atoms with van der Waals surface area (Å²) < 4.78 is 0. The molecule has 0 aromatic carbocycles. The van der Waals surface area contributed by atoms with Crippen molar-refractivity contribution >= 4 is 5.91 Å². The Balaban J connectivity index is 2.19. The zero-order valence-corrected chi connectivity index (χ0v) is 13.3. The van der Waals surface area contributed by atoms with Gasteiger partial charge in [-0.05, 0) is 27.1 Å². The average molecular weight is 285 g/mol. The second-order valence-corrected chi connectivity index (χ2v) is 5.88. The number of rotatable bonds is 8. The molecule has 0 aliphatic carbocycles. The lowest BCUT2D eigenvalue weighted by molar-refractivity contribution is -0.131. The van der Waals surface area contributed by atoms with E-state index >= 15 is 0 Å². The van der Waals surface area contributed by atoms with Crippen molar-refractivity contribution in [1.29, 1.82) is 0 Å². The SMILES string of the molecule is CN(C)CCN1CCN(CC(=O)N(C)CCCN)CC1. The van der Waals surface area contributed by atoms with Gasteiger partial charge >= 0.3 is 0 Å². The van der Waals surface area contributed by atoms with Crippen LogP contribution in [0.25, 0.3) is 0 Å². The maximum Gasteiger partial charge on any atom is 0.236 e. The first-order chi connectivity index (χ1) is 9.52. The molecule has 0 unspecified atom stereocenters. The monoisotopic (exact) mass is 285 g/mol. The minimum Gasteiger partial charge on any atom is -0.345 e. The van der Waals surface area contributed by atoms with Gasteiger partial charge in [0, 0.05) is 52.9 Å². The summed E-state index contributed by atoms with van der Waals surface area (Å²) in [5.41, 5.74) is 5.47. The van der Waals surface area contributed by atoms with E-state index in [4.69, 9.17) is 5.73 Å². The lowest BCUT2D eigenvalue weighted by atomic mass is 10.3. The van der Waals surface area contributed by atoms with Gasteiger partial charge in [-0.3, -0.25) is 14.6 Å². The number of likely N-dealkylation sites (N-methyl/N-ethyl adjacent to an activating group) is 2. The Hall–Kier alpha value is -0.690. The van der Waals surface area contributed by atoms with Crippen molar-refractivity contribution < 1.29 is 4.79 Å². The van der Waals surface area contributed by atoms with Crippen molar-refractivity contribution in [2.75, 3.05) is 80.0 Å². The third kappa shape index (κ3) is 6.65. The molecule has 2 N–H and O–H groups in total. The number of hydrogen-bond donors (Lipinski definition) is 1. The second kappa shape index (κ2) is 9.28. The van der Waals surface area contributed by atoms with Crippen molar-refractivity contribution in [2.24, 2.45) is 5.73 Å². The first-order valence-corrected chi connectivity index (χ1v) is 7.56. The molecule has 118 valence electrons. The zero-order valence-electron chi connectivity index (χ0n) is 13.3. The fourth-order valence-corrected chi connectivity index (χ4v) is 2.28. The van der Waals surface area contributed by atoms with Gasteiger partial charge in [0.2, 0.25) is 5.91 Å². The van der Waals surface area contributed by atoms with Gasteiger partial charge in [0.15, 0.2) is 0 Å². The molecule has 6 nitrogen and oxygen atoms in total. The van der Waals surface area contributed by atoms with E-state index in [1.54, 1.807) is 4.90 Å². The Bertz CT molecular complexity index is 277. The standard InChI is InChI=1S/C14H31N5O/c1-16(2)7-8-18-9-11-19(12-10-18)13-14(20)17(3)6-4-5-15/h4-13,15H2,1-3H3. The topological polar surface area (TPSA) is 56.0 Å². The molecular weight excluding hydrogens is 254 g/mol. The van der Waals surface area contributed by atoms with Gasteiger partial charge in [0.05, 0.1) is 6.54 Å². The molecule has 0 bridgehead atoms. The van der Waals surface area contributed by atoms with E-state index in [9.17, 15) is 4.79 Å². The highest BCUT2D eigenvalue weighted by Crippen LogP contribution is 2.02. The maximum absolute atomic E-state index is 12.0. The largest absolute Gasteiger partial charge is 0.345 e. The molecule has 0 saturated carbocycles. The summed E-state index contributed by atoms with van der Waals surface area (Å²) in [6.45, 7) is 8.27. The minimum absolute atomic E-state index is 0.209. The molecule has 1 amide bonds. The lowest BCUT2D eigenvalue weighted by Gasteiger charge is -2.35. The fraction of sp³-hybridized carbons (Fsp3) is 0.929. The smallest absolute Gasteiger partial charge is 0.236 e. The fourth-order valence-electron chi connectivity index (χ4n) is 2.28. The van der Waals surface area contributed by atoms with Crippen LogP contribution in [0.15, 0.2) is 0 Å². The third-order valence-electron chi connectivity index (χ3n) is 3.81. The van der Waals surface area contributed by atoms with Crippen molar-refractivity contribution in [3.8, 4) is 0 Å². The lowest BCUT2D eigenvalue weighted by Crippen LogP contribution is -2.50. The number of carbonyl (C=O) groups is 1. The van der Waals surface area contributed by atoms with Crippen LogP contribution in [0.4, 0.5) is 0 Å². The molecule has 1 aliphatic rings. The number of piperazine rings is 1. The molecule has 0 radical (unpaired) electrons. The third-order valence-corrected chi connectivity index (χ3v) is 3.81. The Morgan fingerprint density at radius 3 is 2.20 bits per heavy atom. The molecule has 0 aromatic rings. The summed E-state index contributed by atoms with van der Waals surface area (Å²) >= 11 is 0.